The third-order valence-electron chi connectivity index (χ3n) is 2.43. The number of sulfonamides is 1. The monoisotopic (exact) mass is 301 g/mol. The SMILES string of the molecule is COc1cc(Cl)ccc1S(=O)(=O)NCc1ccn[nH]1. The van der Waals surface area contributed by atoms with Crippen molar-refractivity contribution in [3.05, 3.63) is 41.2 Å². The number of hydrogen-bond donors (Lipinski definition) is 2. The standard InChI is InChI=1S/C11H12ClN3O3S/c1-18-10-6-8(12)2-3-11(10)19(16,17)14-7-9-4-5-13-15-9/h2-6,14H,7H2,1H3,(H,13,15). The number of methoxy groups -OCH3 is 1. The minimum Gasteiger partial charge on any atom is -0.495 e. The summed E-state index contributed by atoms with van der Waals surface area (Å²) in [6.07, 6.45) is 1.55. The lowest BCUT2D eigenvalue weighted by molar-refractivity contribution is 0.402. The van der Waals surface area contributed by atoms with Gasteiger partial charge in [-0.25, -0.2) is 13.1 Å². The summed E-state index contributed by atoms with van der Waals surface area (Å²) in [5.41, 5.74) is 0.663. The molecule has 0 bridgehead atoms. The van der Waals surface area contributed by atoms with E-state index in [0.717, 1.165) is 0 Å². The maximum atomic E-state index is 12.1. The predicted octanol–water partition coefficient (Wildman–Crippen LogP) is 1.55. The van der Waals surface area contributed by atoms with Gasteiger partial charge in [0, 0.05) is 17.3 Å². The Bertz CT molecular complexity index is 656. The number of rotatable bonds is 5. The first-order chi connectivity index (χ1) is 9.03. The number of benzene rings is 1. The third kappa shape index (κ3) is 3.25. The Kier molecular flexibility index (Phi) is 4.08. The molecule has 0 aliphatic rings. The molecule has 0 atom stereocenters. The Balaban J connectivity index is 2.24. The molecule has 1 aromatic carbocycles. The van der Waals surface area contributed by atoms with Crippen LogP contribution in [0.2, 0.25) is 5.02 Å². The van der Waals surface area contributed by atoms with E-state index in [4.69, 9.17) is 16.3 Å². The molecule has 0 aliphatic carbocycles. The highest BCUT2D eigenvalue weighted by atomic mass is 35.5. The van der Waals surface area contributed by atoms with Gasteiger partial charge in [0.2, 0.25) is 10.0 Å². The summed E-state index contributed by atoms with van der Waals surface area (Å²) >= 11 is 5.80. The van der Waals surface area contributed by atoms with Crippen molar-refractivity contribution in [2.75, 3.05) is 7.11 Å². The second kappa shape index (κ2) is 5.60. The molecule has 0 unspecified atom stereocenters. The molecular weight excluding hydrogens is 290 g/mol. The molecule has 2 rings (SSSR count). The average molecular weight is 302 g/mol. The van der Waals surface area contributed by atoms with E-state index in [-0.39, 0.29) is 17.2 Å². The van der Waals surface area contributed by atoms with Gasteiger partial charge in [-0.3, -0.25) is 5.10 Å². The second-order valence-electron chi connectivity index (χ2n) is 3.70. The molecule has 0 radical (unpaired) electrons. The zero-order valence-electron chi connectivity index (χ0n) is 10.1. The minimum atomic E-state index is -3.68. The largest absolute Gasteiger partial charge is 0.495 e. The highest BCUT2D eigenvalue weighted by Gasteiger charge is 2.19. The first-order valence-electron chi connectivity index (χ1n) is 5.34. The molecule has 102 valence electrons. The van der Waals surface area contributed by atoms with E-state index in [1.54, 1.807) is 12.3 Å². The molecule has 0 aliphatic heterocycles. The first kappa shape index (κ1) is 13.9. The summed E-state index contributed by atoms with van der Waals surface area (Å²) < 4.78 is 31.8. The van der Waals surface area contributed by atoms with Crippen molar-refractivity contribution < 1.29 is 13.2 Å². The number of halogens is 1. The number of nitrogens with one attached hydrogen (secondary N) is 2. The van der Waals surface area contributed by atoms with Crippen LogP contribution in [0.1, 0.15) is 5.69 Å². The fraction of sp³-hybridized carbons (Fsp3) is 0.182. The molecule has 1 heterocycles. The topological polar surface area (TPSA) is 84.1 Å². The summed E-state index contributed by atoms with van der Waals surface area (Å²) in [7, 11) is -2.29. The van der Waals surface area contributed by atoms with Crippen LogP contribution in [0.25, 0.3) is 0 Å². The Hall–Kier alpha value is -1.57. The minimum absolute atomic E-state index is 0.0407. The van der Waals surface area contributed by atoms with Gasteiger partial charge in [0.25, 0.3) is 0 Å². The van der Waals surface area contributed by atoms with Crippen LogP contribution in [0, 0.1) is 0 Å². The van der Waals surface area contributed by atoms with Crippen molar-refractivity contribution in [1.29, 1.82) is 0 Å². The number of H-pyrrole nitrogens is 1. The molecule has 6 nitrogen and oxygen atoms in total. The van der Waals surface area contributed by atoms with Gasteiger partial charge in [-0.15, -0.1) is 0 Å². The number of ether oxygens (including phenoxy) is 1. The van der Waals surface area contributed by atoms with Crippen molar-refractivity contribution >= 4 is 21.6 Å². The number of aromatic nitrogens is 2. The molecule has 0 saturated heterocycles. The zero-order valence-corrected chi connectivity index (χ0v) is 11.6. The van der Waals surface area contributed by atoms with Gasteiger partial charge in [-0.05, 0) is 18.2 Å². The Labute approximate surface area is 115 Å². The summed E-state index contributed by atoms with van der Waals surface area (Å²) in [6, 6.07) is 6.03. The molecule has 1 aromatic heterocycles. The van der Waals surface area contributed by atoms with Gasteiger partial charge >= 0.3 is 0 Å². The van der Waals surface area contributed by atoms with E-state index in [2.05, 4.69) is 14.9 Å². The maximum absolute atomic E-state index is 12.1. The van der Waals surface area contributed by atoms with Crippen molar-refractivity contribution in [2.24, 2.45) is 0 Å². The zero-order chi connectivity index (χ0) is 13.9. The smallest absolute Gasteiger partial charge is 0.244 e. The highest BCUT2D eigenvalue weighted by Crippen LogP contribution is 2.26. The van der Waals surface area contributed by atoms with Gasteiger partial charge in [0.05, 0.1) is 19.3 Å². The predicted molar refractivity (Wildman–Crippen MR) is 70.6 cm³/mol. The van der Waals surface area contributed by atoms with Gasteiger partial charge < -0.3 is 4.74 Å². The van der Waals surface area contributed by atoms with Crippen LogP contribution in [-0.4, -0.2) is 25.7 Å². The molecule has 19 heavy (non-hydrogen) atoms. The van der Waals surface area contributed by atoms with Gasteiger partial charge in [0.15, 0.2) is 0 Å². The van der Waals surface area contributed by atoms with Gasteiger partial charge in [-0.1, -0.05) is 11.6 Å². The molecule has 0 amide bonds. The quantitative estimate of drug-likeness (QED) is 0.877. The molecule has 0 saturated carbocycles. The number of hydrogen-bond acceptors (Lipinski definition) is 4. The fourth-order valence-electron chi connectivity index (χ4n) is 1.50. The van der Waals surface area contributed by atoms with Crippen LogP contribution in [0.15, 0.2) is 35.4 Å². The lowest BCUT2D eigenvalue weighted by Gasteiger charge is -2.10. The van der Waals surface area contributed by atoms with E-state index in [1.165, 1.54) is 25.3 Å². The lowest BCUT2D eigenvalue weighted by atomic mass is 10.3. The normalized spacial score (nSPS) is 11.5. The highest BCUT2D eigenvalue weighted by molar-refractivity contribution is 7.89. The molecule has 0 spiro atoms. The van der Waals surface area contributed by atoms with Crippen molar-refractivity contribution in [2.45, 2.75) is 11.4 Å². The van der Waals surface area contributed by atoms with Crippen LogP contribution in [-0.2, 0) is 16.6 Å². The van der Waals surface area contributed by atoms with Crippen LogP contribution in [0.3, 0.4) is 0 Å². The number of aromatic amines is 1. The van der Waals surface area contributed by atoms with Crippen LogP contribution in [0.5, 0.6) is 5.75 Å². The first-order valence-corrected chi connectivity index (χ1v) is 7.20. The van der Waals surface area contributed by atoms with E-state index < -0.39 is 10.0 Å². The average Bonchev–Trinajstić information content (AvgIpc) is 2.89. The third-order valence-corrected chi connectivity index (χ3v) is 4.10. The van der Waals surface area contributed by atoms with Crippen LogP contribution < -0.4 is 9.46 Å². The summed E-state index contributed by atoms with van der Waals surface area (Å²) in [4.78, 5) is 0.0407. The Morgan fingerprint density at radius 2 is 2.21 bits per heavy atom. The molecule has 2 N–H and O–H groups in total. The molecule has 8 heteroatoms. The van der Waals surface area contributed by atoms with Crippen LogP contribution >= 0.6 is 11.6 Å². The maximum Gasteiger partial charge on any atom is 0.244 e. The van der Waals surface area contributed by atoms with Crippen molar-refractivity contribution in [3.8, 4) is 5.75 Å². The summed E-state index contributed by atoms with van der Waals surface area (Å²) in [5, 5.41) is 6.82. The van der Waals surface area contributed by atoms with Crippen molar-refractivity contribution in [3.63, 3.8) is 0 Å². The van der Waals surface area contributed by atoms with Crippen LogP contribution in [0.4, 0.5) is 0 Å². The summed E-state index contributed by atoms with van der Waals surface area (Å²) in [6.45, 7) is 0.119. The Morgan fingerprint density at radius 1 is 1.42 bits per heavy atom. The van der Waals surface area contributed by atoms with E-state index in [9.17, 15) is 8.42 Å². The fourth-order valence-corrected chi connectivity index (χ4v) is 2.81. The molecule has 2 aromatic rings. The Morgan fingerprint density at radius 3 is 2.84 bits per heavy atom. The number of nitrogens with zero attached hydrogens (tertiary/aromatic N) is 1. The van der Waals surface area contributed by atoms with E-state index in [1.807, 2.05) is 0 Å². The van der Waals surface area contributed by atoms with E-state index in [0.29, 0.717) is 10.7 Å². The molecular formula is C11H12ClN3O3S. The van der Waals surface area contributed by atoms with E-state index >= 15 is 0 Å². The van der Waals surface area contributed by atoms with Crippen molar-refractivity contribution in [1.82, 2.24) is 14.9 Å². The van der Waals surface area contributed by atoms with Gasteiger partial charge in [-0.2, -0.15) is 5.10 Å². The van der Waals surface area contributed by atoms with Gasteiger partial charge in [0.1, 0.15) is 10.6 Å². The molecule has 0 fully saturated rings. The summed E-state index contributed by atoms with van der Waals surface area (Å²) in [5.74, 6) is 0.199. The second-order valence-corrected chi connectivity index (χ2v) is 5.87. The lowest BCUT2D eigenvalue weighted by Crippen LogP contribution is -2.24.